The largest absolute Gasteiger partial charge is 0.486 e. The van der Waals surface area contributed by atoms with Gasteiger partial charge in [0.15, 0.2) is 17.1 Å². The summed E-state index contributed by atoms with van der Waals surface area (Å²) in [5.41, 5.74) is 6.60. The third-order valence-corrected chi connectivity index (χ3v) is 6.00. The first-order valence-corrected chi connectivity index (χ1v) is 11.1. The minimum absolute atomic E-state index is 0.0534. The van der Waals surface area contributed by atoms with E-state index in [9.17, 15) is 4.79 Å². The number of anilines is 1. The molecule has 3 heterocycles. The van der Waals surface area contributed by atoms with Crippen molar-refractivity contribution in [2.75, 3.05) is 18.5 Å². The number of nitrogens with one attached hydrogen (secondary N) is 1. The van der Waals surface area contributed by atoms with Gasteiger partial charge in [-0.15, -0.1) is 0 Å². The Hall–Kier alpha value is -3.87. The Bertz CT molecular complexity index is 1350. The van der Waals surface area contributed by atoms with Gasteiger partial charge < -0.3 is 14.8 Å². The van der Waals surface area contributed by atoms with Gasteiger partial charge in [0.05, 0.1) is 11.4 Å². The third kappa shape index (κ3) is 4.02. The van der Waals surface area contributed by atoms with Crippen LogP contribution in [0.5, 0.6) is 11.5 Å². The SMILES string of the molecule is Cc1nc2c(c(C)nn2-c2ccccc2)c(C)c1CCC(=O)Nc1ccc2c(c1)OCCO2. The van der Waals surface area contributed by atoms with E-state index in [-0.39, 0.29) is 5.91 Å². The molecule has 7 nitrogen and oxygen atoms in total. The van der Waals surface area contributed by atoms with Gasteiger partial charge in [0.1, 0.15) is 13.2 Å². The quantitative estimate of drug-likeness (QED) is 0.485. The molecule has 7 heteroatoms. The highest BCUT2D eigenvalue weighted by atomic mass is 16.6. The number of amides is 1. The number of para-hydroxylation sites is 1. The van der Waals surface area contributed by atoms with Crippen LogP contribution in [-0.2, 0) is 11.2 Å². The van der Waals surface area contributed by atoms with Crippen LogP contribution in [0.25, 0.3) is 16.7 Å². The Morgan fingerprint density at radius 3 is 2.55 bits per heavy atom. The number of nitrogens with zero attached hydrogens (tertiary/aromatic N) is 3. The number of hydrogen-bond donors (Lipinski definition) is 1. The number of carbonyl (C=O) groups excluding carboxylic acids is 1. The van der Waals surface area contributed by atoms with Crippen LogP contribution in [0.2, 0.25) is 0 Å². The molecule has 0 radical (unpaired) electrons. The van der Waals surface area contributed by atoms with Crippen LogP contribution in [0, 0.1) is 20.8 Å². The Morgan fingerprint density at radius 2 is 1.76 bits per heavy atom. The molecule has 2 aromatic heterocycles. The fraction of sp³-hybridized carbons (Fsp3) is 0.269. The molecule has 0 unspecified atom stereocenters. The summed E-state index contributed by atoms with van der Waals surface area (Å²) in [4.78, 5) is 17.6. The average Bonchev–Trinajstić information content (AvgIpc) is 3.15. The maximum atomic E-state index is 12.7. The first kappa shape index (κ1) is 21.0. The molecule has 1 aliphatic rings. The topological polar surface area (TPSA) is 78.3 Å². The lowest BCUT2D eigenvalue weighted by atomic mass is 9.99. The van der Waals surface area contributed by atoms with Gasteiger partial charge in [-0.2, -0.15) is 5.10 Å². The second-order valence-electron chi connectivity index (χ2n) is 8.24. The average molecular weight is 443 g/mol. The van der Waals surface area contributed by atoms with Gasteiger partial charge in [-0.3, -0.25) is 4.79 Å². The zero-order valence-electron chi connectivity index (χ0n) is 19.0. The van der Waals surface area contributed by atoms with E-state index in [1.807, 2.05) is 61.0 Å². The fourth-order valence-electron chi connectivity index (χ4n) is 4.41. The summed E-state index contributed by atoms with van der Waals surface area (Å²) in [5, 5.41) is 8.75. The number of ether oxygens (including phenoxy) is 2. The summed E-state index contributed by atoms with van der Waals surface area (Å²) >= 11 is 0. The summed E-state index contributed by atoms with van der Waals surface area (Å²) in [5.74, 6) is 1.31. The molecule has 0 saturated carbocycles. The summed E-state index contributed by atoms with van der Waals surface area (Å²) < 4.78 is 13.0. The van der Waals surface area contributed by atoms with E-state index < -0.39 is 0 Å². The monoisotopic (exact) mass is 442 g/mol. The zero-order valence-corrected chi connectivity index (χ0v) is 19.0. The van der Waals surface area contributed by atoms with Crippen molar-refractivity contribution in [1.29, 1.82) is 0 Å². The molecule has 0 bridgehead atoms. The minimum Gasteiger partial charge on any atom is -0.486 e. The van der Waals surface area contributed by atoms with Crippen molar-refractivity contribution < 1.29 is 14.3 Å². The lowest BCUT2D eigenvalue weighted by Gasteiger charge is -2.19. The maximum absolute atomic E-state index is 12.7. The van der Waals surface area contributed by atoms with Crippen LogP contribution in [0.3, 0.4) is 0 Å². The van der Waals surface area contributed by atoms with E-state index in [4.69, 9.17) is 19.6 Å². The van der Waals surface area contributed by atoms with Gasteiger partial charge in [-0.1, -0.05) is 18.2 Å². The van der Waals surface area contributed by atoms with E-state index in [0.717, 1.165) is 39.2 Å². The molecule has 4 aromatic rings. The number of fused-ring (bicyclic) bond motifs is 2. The number of carbonyl (C=O) groups is 1. The Labute approximate surface area is 192 Å². The van der Waals surface area contributed by atoms with Crippen LogP contribution in [0.4, 0.5) is 5.69 Å². The first-order valence-electron chi connectivity index (χ1n) is 11.1. The van der Waals surface area contributed by atoms with Gasteiger partial charge in [-0.05, 0) is 62.6 Å². The molecule has 168 valence electrons. The number of rotatable bonds is 5. The molecular formula is C26H26N4O3. The third-order valence-electron chi connectivity index (χ3n) is 6.00. The van der Waals surface area contributed by atoms with Gasteiger partial charge in [0.25, 0.3) is 0 Å². The molecule has 33 heavy (non-hydrogen) atoms. The molecule has 0 aliphatic carbocycles. The molecule has 1 amide bonds. The highest BCUT2D eigenvalue weighted by Gasteiger charge is 2.18. The number of hydrogen-bond acceptors (Lipinski definition) is 5. The molecule has 0 atom stereocenters. The molecule has 0 saturated heterocycles. The van der Waals surface area contributed by atoms with Crippen molar-refractivity contribution in [1.82, 2.24) is 14.8 Å². The van der Waals surface area contributed by atoms with Crippen LogP contribution in [-0.4, -0.2) is 33.9 Å². The second-order valence-corrected chi connectivity index (χ2v) is 8.24. The van der Waals surface area contributed by atoms with Crippen molar-refractivity contribution in [2.45, 2.75) is 33.6 Å². The predicted molar refractivity (Wildman–Crippen MR) is 127 cm³/mol. The Morgan fingerprint density at radius 1 is 1.00 bits per heavy atom. The van der Waals surface area contributed by atoms with Crippen LogP contribution in [0.15, 0.2) is 48.5 Å². The van der Waals surface area contributed by atoms with Crippen molar-refractivity contribution in [3.05, 3.63) is 71.0 Å². The van der Waals surface area contributed by atoms with Gasteiger partial charge in [-0.25, -0.2) is 9.67 Å². The molecule has 0 fully saturated rings. The van der Waals surface area contributed by atoms with Crippen molar-refractivity contribution in [3.8, 4) is 17.2 Å². The maximum Gasteiger partial charge on any atom is 0.224 e. The number of aromatic nitrogens is 3. The van der Waals surface area contributed by atoms with Crippen LogP contribution in [0.1, 0.15) is 28.9 Å². The van der Waals surface area contributed by atoms with Gasteiger partial charge >= 0.3 is 0 Å². The standard InChI is InChI=1S/C26H26N4O3/c1-16-21(10-12-24(31)28-19-9-11-22-23(15-19)33-14-13-32-22)17(2)27-26-25(16)18(3)29-30(26)20-7-5-4-6-8-20/h4-9,11,15H,10,12-14H2,1-3H3,(H,28,31). The lowest BCUT2D eigenvalue weighted by Crippen LogP contribution is -2.16. The zero-order chi connectivity index (χ0) is 22.9. The number of benzene rings is 2. The van der Waals surface area contributed by atoms with E-state index in [0.29, 0.717) is 43.2 Å². The molecule has 5 rings (SSSR count). The Kier molecular flexibility index (Phi) is 5.46. The molecule has 1 N–H and O–H groups in total. The van der Waals surface area contributed by atoms with Gasteiger partial charge in [0.2, 0.25) is 5.91 Å². The lowest BCUT2D eigenvalue weighted by molar-refractivity contribution is -0.116. The highest BCUT2D eigenvalue weighted by molar-refractivity contribution is 5.91. The van der Waals surface area contributed by atoms with Gasteiger partial charge in [0, 0.05) is 29.3 Å². The smallest absolute Gasteiger partial charge is 0.224 e. The predicted octanol–water partition coefficient (Wildman–Crippen LogP) is 4.69. The normalized spacial score (nSPS) is 12.7. The van der Waals surface area contributed by atoms with Crippen molar-refractivity contribution in [3.63, 3.8) is 0 Å². The fourth-order valence-corrected chi connectivity index (χ4v) is 4.41. The van der Waals surface area contributed by atoms with E-state index >= 15 is 0 Å². The number of aryl methyl sites for hydroxylation is 3. The van der Waals surface area contributed by atoms with Crippen molar-refractivity contribution >= 4 is 22.6 Å². The molecular weight excluding hydrogens is 416 g/mol. The summed E-state index contributed by atoms with van der Waals surface area (Å²) in [7, 11) is 0. The van der Waals surface area contributed by atoms with Crippen LogP contribution >= 0.6 is 0 Å². The van der Waals surface area contributed by atoms with Crippen molar-refractivity contribution in [2.24, 2.45) is 0 Å². The summed E-state index contributed by atoms with van der Waals surface area (Å²) in [6.45, 7) is 7.15. The Balaban J connectivity index is 1.36. The first-order chi connectivity index (χ1) is 16.0. The van der Waals surface area contributed by atoms with E-state index in [2.05, 4.69) is 12.2 Å². The minimum atomic E-state index is -0.0534. The van der Waals surface area contributed by atoms with E-state index in [1.54, 1.807) is 6.07 Å². The molecule has 0 spiro atoms. The highest BCUT2D eigenvalue weighted by Crippen LogP contribution is 2.33. The summed E-state index contributed by atoms with van der Waals surface area (Å²) in [6, 6.07) is 15.5. The van der Waals surface area contributed by atoms with Crippen LogP contribution < -0.4 is 14.8 Å². The number of pyridine rings is 1. The van der Waals surface area contributed by atoms with E-state index in [1.165, 1.54) is 0 Å². The molecule has 1 aliphatic heterocycles. The molecule has 2 aromatic carbocycles. The summed E-state index contributed by atoms with van der Waals surface area (Å²) in [6.07, 6.45) is 0.960. The second kappa shape index (κ2) is 8.58.